The molecule has 1 N–H and O–H groups in total. The molecule has 3 rings (SSSR count). The summed E-state index contributed by atoms with van der Waals surface area (Å²) < 4.78 is 27.5. The standard InChI is InChI=1S/C13H7ClF2N2S/c14-7-4-5-11-10(6-7)18-13(19-11)17-9-3-1-2-8(15)12(9)16/h1-6H,(H,17,18). The predicted molar refractivity (Wildman–Crippen MR) is 74.3 cm³/mol. The lowest BCUT2D eigenvalue weighted by molar-refractivity contribution is 0.512. The highest BCUT2D eigenvalue weighted by Crippen LogP contribution is 2.30. The zero-order chi connectivity index (χ0) is 13.4. The van der Waals surface area contributed by atoms with E-state index in [1.807, 2.05) is 6.07 Å². The van der Waals surface area contributed by atoms with Gasteiger partial charge < -0.3 is 5.32 Å². The Hall–Kier alpha value is -1.72. The largest absolute Gasteiger partial charge is 0.329 e. The first-order chi connectivity index (χ1) is 9.13. The van der Waals surface area contributed by atoms with Gasteiger partial charge in [0.15, 0.2) is 16.8 Å². The van der Waals surface area contributed by atoms with E-state index in [2.05, 4.69) is 10.3 Å². The molecule has 0 atom stereocenters. The number of anilines is 2. The van der Waals surface area contributed by atoms with Crippen LogP contribution in [-0.4, -0.2) is 4.98 Å². The Bertz CT molecular complexity index is 757. The normalized spacial score (nSPS) is 10.9. The summed E-state index contributed by atoms with van der Waals surface area (Å²) >= 11 is 7.21. The van der Waals surface area contributed by atoms with Crippen LogP contribution in [0.2, 0.25) is 5.02 Å². The number of halogens is 3. The number of rotatable bonds is 2. The van der Waals surface area contributed by atoms with Gasteiger partial charge in [0.05, 0.1) is 15.9 Å². The molecule has 1 aromatic heterocycles. The second kappa shape index (κ2) is 4.75. The van der Waals surface area contributed by atoms with Crippen molar-refractivity contribution >= 4 is 44.0 Å². The van der Waals surface area contributed by atoms with Crippen molar-refractivity contribution in [3.05, 3.63) is 53.1 Å². The van der Waals surface area contributed by atoms with Gasteiger partial charge in [0.2, 0.25) is 0 Å². The number of benzene rings is 2. The molecule has 0 aliphatic heterocycles. The van der Waals surface area contributed by atoms with Crippen molar-refractivity contribution in [2.75, 3.05) is 5.32 Å². The van der Waals surface area contributed by atoms with Crippen LogP contribution >= 0.6 is 22.9 Å². The summed E-state index contributed by atoms with van der Waals surface area (Å²) in [5.41, 5.74) is 0.780. The first-order valence-corrected chi connectivity index (χ1v) is 6.60. The van der Waals surface area contributed by atoms with Crippen LogP contribution in [0.3, 0.4) is 0 Å². The number of hydrogen-bond acceptors (Lipinski definition) is 3. The van der Waals surface area contributed by atoms with Crippen LogP contribution in [-0.2, 0) is 0 Å². The molecule has 0 saturated heterocycles. The molecule has 2 aromatic carbocycles. The van der Waals surface area contributed by atoms with E-state index < -0.39 is 11.6 Å². The quantitative estimate of drug-likeness (QED) is 0.722. The van der Waals surface area contributed by atoms with E-state index in [1.165, 1.54) is 23.5 Å². The topological polar surface area (TPSA) is 24.9 Å². The smallest absolute Gasteiger partial charge is 0.188 e. The maximum Gasteiger partial charge on any atom is 0.188 e. The van der Waals surface area contributed by atoms with Crippen molar-refractivity contribution in [2.24, 2.45) is 0 Å². The van der Waals surface area contributed by atoms with Crippen molar-refractivity contribution in [3.8, 4) is 0 Å². The Kier molecular flexibility index (Phi) is 3.08. The molecule has 0 spiro atoms. The van der Waals surface area contributed by atoms with Crippen LogP contribution in [0.15, 0.2) is 36.4 Å². The van der Waals surface area contributed by atoms with Gasteiger partial charge in [0.25, 0.3) is 0 Å². The number of aromatic nitrogens is 1. The molecule has 3 aromatic rings. The van der Waals surface area contributed by atoms with Gasteiger partial charge in [-0.2, -0.15) is 0 Å². The second-order valence-electron chi connectivity index (χ2n) is 3.86. The molecule has 0 aliphatic carbocycles. The van der Waals surface area contributed by atoms with Gasteiger partial charge in [-0.1, -0.05) is 29.0 Å². The van der Waals surface area contributed by atoms with Crippen LogP contribution < -0.4 is 5.32 Å². The molecule has 96 valence electrons. The molecular formula is C13H7ClF2N2S. The van der Waals surface area contributed by atoms with Gasteiger partial charge in [0, 0.05) is 5.02 Å². The zero-order valence-electron chi connectivity index (χ0n) is 9.45. The number of nitrogens with zero attached hydrogens (tertiary/aromatic N) is 1. The molecule has 0 bridgehead atoms. The van der Waals surface area contributed by atoms with Crippen molar-refractivity contribution in [2.45, 2.75) is 0 Å². The third-order valence-electron chi connectivity index (χ3n) is 2.54. The number of fused-ring (bicyclic) bond motifs is 1. The summed E-state index contributed by atoms with van der Waals surface area (Å²) in [6.07, 6.45) is 0. The average molecular weight is 297 g/mol. The first-order valence-electron chi connectivity index (χ1n) is 5.40. The molecular weight excluding hydrogens is 290 g/mol. The van der Waals surface area contributed by atoms with E-state index in [-0.39, 0.29) is 5.69 Å². The molecule has 0 unspecified atom stereocenters. The molecule has 6 heteroatoms. The van der Waals surface area contributed by atoms with E-state index in [0.29, 0.717) is 10.2 Å². The fourth-order valence-electron chi connectivity index (χ4n) is 1.67. The summed E-state index contributed by atoms with van der Waals surface area (Å²) in [5.74, 6) is -1.81. The molecule has 0 saturated carbocycles. The van der Waals surface area contributed by atoms with Crippen LogP contribution in [0.5, 0.6) is 0 Å². The highest BCUT2D eigenvalue weighted by molar-refractivity contribution is 7.22. The van der Waals surface area contributed by atoms with Crippen LogP contribution in [0.25, 0.3) is 10.2 Å². The van der Waals surface area contributed by atoms with E-state index in [0.717, 1.165) is 16.3 Å². The highest BCUT2D eigenvalue weighted by atomic mass is 35.5. The highest BCUT2D eigenvalue weighted by Gasteiger charge is 2.10. The van der Waals surface area contributed by atoms with E-state index in [4.69, 9.17) is 11.6 Å². The minimum Gasteiger partial charge on any atom is -0.329 e. The molecule has 0 radical (unpaired) electrons. The van der Waals surface area contributed by atoms with Crippen LogP contribution in [0.1, 0.15) is 0 Å². The van der Waals surface area contributed by atoms with Crippen LogP contribution in [0.4, 0.5) is 19.6 Å². The summed E-state index contributed by atoms with van der Waals surface area (Å²) in [6, 6.07) is 9.28. The number of nitrogens with one attached hydrogen (secondary N) is 1. The van der Waals surface area contributed by atoms with Gasteiger partial charge in [-0.05, 0) is 30.3 Å². The van der Waals surface area contributed by atoms with Gasteiger partial charge in [-0.3, -0.25) is 0 Å². The monoisotopic (exact) mass is 296 g/mol. The SMILES string of the molecule is Fc1cccc(Nc2nc3cc(Cl)ccc3s2)c1F. The Labute approximate surface area is 116 Å². The van der Waals surface area contributed by atoms with Gasteiger partial charge in [-0.15, -0.1) is 0 Å². The molecule has 0 amide bonds. The lowest BCUT2D eigenvalue weighted by Crippen LogP contribution is -1.95. The molecule has 2 nitrogen and oxygen atoms in total. The molecule has 0 aliphatic rings. The third-order valence-corrected chi connectivity index (χ3v) is 3.73. The van der Waals surface area contributed by atoms with Gasteiger partial charge in [0.1, 0.15) is 0 Å². The van der Waals surface area contributed by atoms with Gasteiger partial charge in [-0.25, -0.2) is 13.8 Å². The van der Waals surface area contributed by atoms with Crippen molar-refractivity contribution in [1.82, 2.24) is 4.98 Å². The Morgan fingerprint density at radius 1 is 1.16 bits per heavy atom. The zero-order valence-corrected chi connectivity index (χ0v) is 11.0. The molecule has 19 heavy (non-hydrogen) atoms. The van der Waals surface area contributed by atoms with E-state index >= 15 is 0 Å². The van der Waals surface area contributed by atoms with E-state index in [1.54, 1.807) is 12.1 Å². The summed E-state index contributed by atoms with van der Waals surface area (Å²) in [5, 5.41) is 3.84. The van der Waals surface area contributed by atoms with Gasteiger partial charge >= 0.3 is 0 Å². The van der Waals surface area contributed by atoms with Crippen molar-refractivity contribution in [3.63, 3.8) is 0 Å². The van der Waals surface area contributed by atoms with E-state index in [9.17, 15) is 8.78 Å². The summed E-state index contributed by atoms with van der Waals surface area (Å²) in [6.45, 7) is 0. The predicted octanol–water partition coefficient (Wildman–Crippen LogP) is 4.97. The number of hydrogen-bond donors (Lipinski definition) is 1. The fraction of sp³-hybridized carbons (Fsp3) is 0. The van der Waals surface area contributed by atoms with Crippen LogP contribution in [0, 0.1) is 11.6 Å². The van der Waals surface area contributed by atoms with Crippen molar-refractivity contribution in [1.29, 1.82) is 0 Å². The third kappa shape index (κ3) is 2.39. The summed E-state index contributed by atoms with van der Waals surface area (Å²) in [7, 11) is 0. The molecule has 0 fully saturated rings. The summed E-state index contributed by atoms with van der Waals surface area (Å²) in [4.78, 5) is 4.27. The average Bonchev–Trinajstić information content (AvgIpc) is 2.76. The lowest BCUT2D eigenvalue weighted by atomic mass is 10.3. The maximum atomic E-state index is 13.5. The molecule has 1 heterocycles. The van der Waals surface area contributed by atoms with Crippen molar-refractivity contribution < 1.29 is 8.78 Å². The Morgan fingerprint density at radius 3 is 2.84 bits per heavy atom. The second-order valence-corrected chi connectivity index (χ2v) is 5.32. The number of thiazole rings is 1. The minimum atomic E-state index is -0.917. The maximum absolute atomic E-state index is 13.5. The first kappa shape index (κ1) is 12.3. The fourth-order valence-corrected chi connectivity index (χ4v) is 2.69. The lowest BCUT2D eigenvalue weighted by Gasteiger charge is -2.03. The Balaban J connectivity index is 1.99. The Morgan fingerprint density at radius 2 is 2.00 bits per heavy atom. The minimum absolute atomic E-state index is 0.0603.